The highest BCUT2D eigenvalue weighted by molar-refractivity contribution is 5.88. The van der Waals surface area contributed by atoms with Gasteiger partial charge in [0.15, 0.2) is 11.5 Å². The molecule has 6 heteroatoms. The van der Waals surface area contributed by atoms with Crippen LogP contribution in [0, 0.1) is 0 Å². The third-order valence-corrected chi connectivity index (χ3v) is 3.61. The average molecular weight is 309 g/mol. The van der Waals surface area contributed by atoms with E-state index in [0.29, 0.717) is 6.54 Å². The highest BCUT2D eigenvalue weighted by atomic mass is 16.1. The van der Waals surface area contributed by atoms with Gasteiger partial charge in [0.1, 0.15) is 0 Å². The Morgan fingerprint density at radius 2 is 1.96 bits per heavy atom. The Morgan fingerprint density at radius 1 is 1.17 bits per heavy atom. The zero-order valence-electron chi connectivity index (χ0n) is 13.2. The number of pyridine rings is 1. The van der Waals surface area contributed by atoms with Crippen LogP contribution in [0.25, 0.3) is 5.65 Å². The molecule has 2 heterocycles. The molecule has 118 valence electrons. The lowest BCUT2D eigenvalue weighted by Crippen LogP contribution is -2.20. The van der Waals surface area contributed by atoms with Crippen LogP contribution < -0.4 is 10.6 Å². The first-order chi connectivity index (χ1) is 11.1. The van der Waals surface area contributed by atoms with Crippen molar-refractivity contribution in [1.82, 2.24) is 19.9 Å². The molecule has 1 aromatic carbocycles. The van der Waals surface area contributed by atoms with Crippen LogP contribution in [0.4, 0.5) is 5.69 Å². The number of hydrogen-bond acceptors (Lipinski definition) is 4. The van der Waals surface area contributed by atoms with Crippen molar-refractivity contribution in [2.45, 2.75) is 26.4 Å². The number of carbonyl (C=O) groups is 1. The van der Waals surface area contributed by atoms with Crippen molar-refractivity contribution in [1.29, 1.82) is 0 Å². The summed E-state index contributed by atoms with van der Waals surface area (Å²) in [6.07, 6.45) is 1.96. The fourth-order valence-corrected chi connectivity index (χ4v) is 2.43. The van der Waals surface area contributed by atoms with Crippen LogP contribution in [0.3, 0.4) is 0 Å². The summed E-state index contributed by atoms with van der Waals surface area (Å²) in [6.45, 7) is 4.28. The second-order valence-electron chi connectivity index (χ2n) is 5.47. The molecule has 1 atom stereocenters. The van der Waals surface area contributed by atoms with Gasteiger partial charge in [-0.25, -0.2) is 0 Å². The molecule has 6 nitrogen and oxygen atoms in total. The first kappa shape index (κ1) is 15.2. The molecule has 0 aliphatic heterocycles. The molecule has 1 amide bonds. The molecular weight excluding hydrogens is 290 g/mol. The van der Waals surface area contributed by atoms with Gasteiger partial charge in [-0.1, -0.05) is 18.2 Å². The lowest BCUT2D eigenvalue weighted by Gasteiger charge is -2.12. The first-order valence-electron chi connectivity index (χ1n) is 7.53. The number of benzene rings is 1. The van der Waals surface area contributed by atoms with E-state index in [2.05, 4.69) is 27.8 Å². The van der Waals surface area contributed by atoms with Gasteiger partial charge < -0.3 is 10.6 Å². The van der Waals surface area contributed by atoms with Crippen LogP contribution >= 0.6 is 0 Å². The van der Waals surface area contributed by atoms with E-state index in [9.17, 15) is 4.79 Å². The van der Waals surface area contributed by atoms with Gasteiger partial charge in [-0.2, -0.15) is 0 Å². The van der Waals surface area contributed by atoms with Crippen molar-refractivity contribution in [3.8, 4) is 0 Å². The maximum Gasteiger partial charge on any atom is 0.221 e. The van der Waals surface area contributed by atoms with E-state index in [0.717, 1.165) is 22.7 Å². The summed E-state index contributed by atoms with van der Waals surface area (Å²) in [5.41, 5.74) is 2.79. The van der Waals surface area contributed by atoms with Gasteiger partial charge in [0.25, 0.3) is 0 Å². The summed E-state index contributed by atoms with van der Waals surface area (Å²) < 4.78 is 1.98. The number of aromatic nitrogens is 3. The Labute approximate surface area is 134 Å². The Hall–Kier alpha value is -2.73. The molecule has 0 saturated heterocycles. The predicted octanol–water partition coefficient (Wildman–Crippen LogP) is 2.54. The molecule has 0 aliphatic carbocycles. The van der Waals surface area contributed by atoms with Gasteiger partial charge in [-0.15, -0.1) is 10.2 Å². The standard InChI is InChI=1S/C17H19N5O/c1-12(17-21-20-16-5-3-4-10-22(16)17)18-11-14-6-8-15(9-7-14)19-13(2)23/h3-10,12,18H,11H2,1-2H3,(H,19,23)/t12-/m0/s1. The second kappa shape index (κ2) is 6.58. The summed E-state index contributed by atoms with van der Waals surface area (Å²) in [5.74, 6) is 0.818. The second-order valence-corrected chi connectivity index (χ2v) is 5.47. The Morgan fingerprint density at radius 3 is 2.70 bits per heavy atom. The molecule has 0 aliphatic rings. The quantitative estimate of drug-likeness (QED) is 0.760. The minimum atomic E-state index is -0.0665. The third kappa shape index (κ3) is 3.54. The normalized spacial score (nSPS) is 12.3. The van der Waals surface area contributed by atoms with Gasteiger partial charge in [-0.05, 0) is 36.8 Å². The minimum Gasteiger partial charge on any atom is -0.326 e. The molecule has 0 fully saturated rings. The Bertz CT molecular complexity index is 809. The Kier molecular flexibility index (Phi) is 4.34. The van der Waals surface area contributed by atoms with Crippen molar-refractivity contribution in [3.63, 3.8) is 0 Å². The molecule has 0 bridgehead atoms. The van der Waals surface area contributed by atoms with Gasteiger partial charge in [-0.3, -0.25) is 9.20 Å². The smallest absolute Gasteiger partial charge is 0.221 e. The SMILES string of the molecule is CC(=O)Nc1ccc(CN[C@@H](C)c2nnc3ccccn23)cc1. The third-order valence-electron chi connectivity index (χ3n) is 3.61. The van der Waals surface area contributed by atoms with E-state index in [4.69, 9.17) is 0 Å². The predicted molar refractivity (Wildman–Crippen MR) is 89.0 cm³/mol. The fraction of sp³-hybridized carbons (Fsp3) is 0.235. The molecule has 2 N–H and O–H groups in total. The lowest BCUT2D eigenvalue weighted by atomic mass is 10.2. The van der Waals surface area contributed by atoms with Gasteiger partial charge in [0.2, 0.25) is 5.91 Å². The molecule has 23 heavy (non-hydrogen) atoms. The molecule has 3 aromatic rings. The molecule has 0 spiro atoms. The topological polar surface area (TPSA) is 71.3 Å². The van der Waals surface area contributed by atoms with E-state index < -0.39 is 0 Å². The number of amides is 1. The van der Waals surface area contributed by atoms with Crippen LogP contribution in [-0.4, -0.2) is 20.5 Å². The minimum absolute atomic E-state index is 0.0665. The van der Waals surface area contributed by atoms with Gasteiger partial charge >= 0.3 is 0 Å². The Balaban J connectivity index is 1.64. The van der Waals surface area contributed by atoms with Crippen LogP contribution in [-0.2, 0) is 11.3 Å². The maximum absolute atomic E-state index is 11.0. The summed E-state index contributed by atoms with van der Waals surface area (Å²) in [6, 6.07) is 13.7. The number of carbonyl (C=O) groups excluding carboxylic acids is 1. The van der Waals surface area contributed by atoms with Crippen LogP contribution in [0.1, 0.15) is 31.3 Å². The summed E-state index contributed by atoms with van der Waals surface area (Å²) in [4.78, 5) is 11.0. The summed E-state index contributed by atoms with van der Waals surface area (Å²) in [7, 11) is 0. The van der Waals surface area contributed by atoms with Crippen LogP contribution in [0.15, 0.2) is 48.7 Å². The number of rotatable bonds is 5. The van der Waals surface area contributed by atoms with Crippen molar-refractivity contribution in [2.24, 2.45) is 0 Å². The molecule has 3 rings (SSSR count). The fourth-order valence-electron chi connectivity index (χ4n) is 2.43. The lowest BCUT2D eigenvalue weighted by molar-refractivity contribution is -0.114. The van der Waals surface area contributed by atoms with E-state index in [1.54, 1.807) is 0 Å². The van der Waals surface area contributed by atoms with E-state index >= 15 is 0 Å². The van der Waals surface area contributed by atoms with Crippen molar-refractivity contribution < 1.29 is 4.79 Å². The van der Waals surface area contributed by atoms with E-state index in [1.165, 1.54) is 6.92 Å². The number of nitrogens with zero attached hydrogens (tertiary/aromatic N) is 3. The highest BCUT2D eigenvalue weighted by Gasteiger charge is 2.12. The molecular formula is C17H19N5O. The van der Waals surface area contributed by atoms with Gasteiger partial charge in [0.05, 0.1) is 6.04 Å². The number of anilines is 1. The van der Waals surface area contributed by atoms with Crippen molar-refractivity contribution >= 4 is 17.2 Å². The van der Waals surface area contributed by atoms with Crippen molar-refractivity contribution in [3.05, 3.63) is 60.0 Å². The number of hydrogen-bond donors (Lipinski definition) is 2. The van der Waals surface area contributed by atoms with E-state index in [1.807, 2.05) is 53.1 Å². The maximum atomic E-state index is 11.0. The molecule has 2 aromatic heterocycles. The van der Waals surface area contributed by atoms with Crippen molar-refractivity contribution in [2.75, 3.05) is 5.32 Å². The summed E-state index contributed by atoms with van der Waals surface area (Å²) >= 11 is 0. The molecule has 0 radical (unpaired) electrons. The zero-order chi connectivity index (χ0) is 16.2. The van der Waals surface area contributed by atoms with E-state index in [-0.39, 0.29) is 11.9 Å². The largest absolute Gasteiger partial charge is 0.326 e. The molecule has 0 saturated carbocycles. The summed E-state index contributed by atoms with van der Waals surface area (Å²) in [5, 5.41) is 14.6. The van der Waals surface area contributed by atoms with Crippen LogP contribution in [0.2, 0.25) is 0 Å². The monoisotopic (exact) mass is 309 g/mol. The van der Waals surface area contributed by atoms with Crippen LogP contribution in [0.5, 0.6) is 0 Å². The van der Waals surface area contributed by atoms with Gasteiger partial charge in [0, 0.05) is 25.4 Å². The number of fused-ring (bicyclic) bond motifs is 1. The average Bonchev–Trinajstić information content (AvgIpc) is 2.97. The zero-order valence-corrected chi connectivity index (χ0v) is 13.2. The highest BCUT2D eigenvalue weighted by Crippen LogP contribution is 2.14. The molecule has 0 unspecified atom stereocenters. The first-order valence-corrected chi connectivity index (χ1v) is 7.53. The number of nitrogens with one attached hydrogen (secondary N) is 2.